The van der Waals surface area contributed by atoms with Gasteiger partial charge in [-0.3, -0.25) is 10.1 Å². The van der Waals surface area contributed by atoms with Crippen molar-refractivity contribution in [1.82, 2.24) is 15.5 Å². The van der Waals surface area contributed by atoms with Crippen molar-refractivity contribution in [1.29, 1.82) is 0 Å². The lowest BCUT2D eigenvalue weighted by Crippen LogP contribution is -2.35. The highest BCUT2D eigenvalue weighted by Crippen LogP contribution is 2.36. The SMILES string of the molecule is C=CCCC(=O)Nc1cc(NC(=O)OC)ccc1-c1nnc(Cl)cc1C(CC=C)NC(=O)OC(C)(C)C. The summed E-state index contributed by atoms with van der Waals surface area (Å²) in [6.45, 7) is 12.7. The molecule has 1 heterocycles. The van der Waals surface area contributed by atoms with Crippen LogP contribution in [0.2, 0.25) is 5.15 Å². The number of amides is 3. The van der Waals surface area contributed by atoms with E-state index < -0.39 is 23.8 Å². The highest BCUT2D eigenvalue weighted by atomic mass is 35.5. The maximum Gasteiger partial charge on any atom is 0.411 e. The Bertz CT molecular complexity index is 1160. The predicted octanol–water partition coefficient (Wildman–Crippen LogP) is 6.02. The molecule has 1 atom stereocenters. The number of methoxy groups -OCH3 is 1. The van der Waals surface area contributed by atoms with Gasteiger partial charge in [-0.1, -0.05) is 23.8 Å². The number of benzene rings is 1. The van der Waals surface area contributed by atoms with Crippen molar-refractivity contribution in [2.45, 2.75) is 51.7 Å². The summed E-state index contributed by atoms with van der Waals surface area (Å²) in [5.41, 5.74) is 1.41. The van der Waals surface area contributed by atoms with Crippen LogP contribution in [-0.2, 0) is 14.3 Å². The topological polar surface area (TPSA) is 132 Å². The zero-order chi connectivity index (χ0) is 27.6. The van der Waals surface area contributed by atoms with Gasteiger partial charge >= 0.3 is 12.2 Å². The van der Waals surface area contributed by atoms with Gasteiger partial charge in [0.25, 0.3) is 0 Å². The third-order valence-corrected chi connectivity index (χ3v) is 5.00. The standard InChI is InChI=1S/C26H32ClN5O5/c1-7-9-11-22(33)29-20-14-16(28-24(34)36-6)12-13-17(20)23-18(15-21(27)31-32-23)19(10-8-2)30-25(35)37-26(3,4)5/h7-8,12-15,19H,1-2,9-11H2,3-6H3,(H,28,34)(H,29,33)(H,30,35). The maximum atomic E-state index is 12.6. The predicted molar refractivity (Wildman–Crippen MR) is 143 cm³/mol. The molecule has 11 heteroatoms. The molecule has 1 aromatic heterocycles. The van der Waals surface area contributed by atoms with Crippen LogP contribution in [0.4, 0.5) is 21.0 Å². The molecule has 3 N–H and O–H groups in total. The van der Waals surface area contributed by atoms with Crippen LogP contribution in [0.1, 0.15) is 51.6 Å². The number of alkyl carbamates (subject to hydrolysis) is 1. The summed E-state index contributed by atoms with van der Waals surface area (Å²) in [4.78, 5) is 36.9. The van der Waals surface area contributed by atoms with Gasteiger partial charge in [-0.2, -0.15) is 0 Å². The fraction of sp³-hybridized carbons (Fsp3) is 0.346. The van der Waals surface area contributed by atoms with Crippen molar-refractivity contribution < 1.29 is 23.9 Å². The summed E-state index contributed by atoms with van der Waals surface area (Å²) in [6.07, 6.45) is 2.99. The fourth-order valence-electron chi connectivity index (χ4n) is 3.28. The second kappa shape index (κ2) is 13.4. The van der Waals surface area contributed by atoms with Crippen molar-refractivity contribution >= 4 is 41.1 Å². The van der Waals surface area contributed by atoms with Gasteiger partial charge in [0.2, 0.25) is 5.91 Å². The summed E-state index contributed by atoms with van der Waals surface area (Å²) in [7, 11) is 1.24. The lowest BCUT2D eigenvalue weighted by molar-refractivity contribution is -0.116. The first-order valence-electron chi connectivity index (χ1n) is 11.5. The average molecular weight is 530 g/mol. The highest BCUT2D eigenvalue weighted by molar-refractivity contribution is 6.29. The summed E-state index contributed by atoms with van der Waals surface area (Å²) in [5.74, 6) is -0.269. The molecule has 37 heavy (non-hydrogen) atoms. The first-order valence-corrected chi connectivity index (χ1v) is 11.9. The molecule has 0 spiro atoms. The molecular formula is C26H32ClN5O5. The lowest BCUT2D eigenvalue weighted by Gasteiger charge is -2.24. The van der Waals surface area contributed by atoms with Gasteiger partial charge in [-0.25, -0.2) is 9.59 Å². The van der Waals surface area contributed by atoms with Gasteiger partial charge < -0.3 is 20.1 Å². The van der Waals surface area contributed by atoms with Crippen molar-refractivity contribution in [3.63, 3.8) is 0 Å². The molecule has 0 radical (unpaired) electrons. The van der Waals surface area contributed by atoms with Crippen LogP contribution < -0.4 is 16.0 Å². The molecule has 0 aliphatic heterocycles. The number of hydrogen-bond donors (Lipinski definition) is 3. The largest absolute Gasteiger partial charge is 0.453 e. The molecule has 0 bridgehead atoms. The van der Waals surface area contributed by atoms with Gasteiger partial charge in [0.05, 0.1) is 18.8 Å². The number of allylic oxidation sites excluding steroid dienone is 1. The van der Waals surface area contributed by atoms with Crippen LogP contribution in [0, 0.1) is 0 Å². The molecular weight excluding hydrogens is 498 g/mol. The molecule has 0 saturated carbocycles. The number of nitrogens with one attached hydrogen (secondary N) is 3. The molecule has 10 nitrogen and oxygen atoms in total. The van der Waals surface area contributed by atoms with Crippen LogP contribution >= 0.6 is 11.6 Å². The Morgan fingerprint density at radius 1 is 1.08 bits per heavy atom. The van der Waals surface area contributed by atoms with E-state index in [-0.39, 0.29) is 17.5 Å². The molecule has 2 rings (SSSR count). The average Bonchev–Trinajstić information content (AvgIpc) is 2.81. The molecule has 2 aromatic rings. The van der Waals surface area contributed by atoms with E-state index in [2.05, 4.69) is 44.0 Å². The molecule has 0 aliphatic rings. The summed E-state index contributed by atoms with van der Waals surface area (Å²) in [6, 6.07) is 5.82. The van der Waals surface area contributed by atoms with E-state index in [9.17, 15) is 14.4 Å². The van der Waals surface area contributed by atoms with E-state index in [1.54, 1.807) is 57.2 Å². The minimum Gasteiger partial charge on any atom is -0.453 e. The molecule has 0 aliphatic carbocycles. The molecule has 3 amide bonds. The Morgan fingerprint density at radius 2 is 1.81 bits per heavy atom. The maximum absolute atomic E-state index is 12.6. The van der Waals surface area contributed by atoms with Crippen molar-refractivity contribution in [2.24, 2.45) is 0 Å². The number of rotatable bonds is 10. The first-order chi connectivity index (χ1) is 17.5. The lowest BCUT2D eigenvalue weighted by atomic mass is 9.97. The normalized spacial score (nSPS) is 11.6. The van der Waals surface area contributed by atoms with Gasteiger partial charge in [0.1, 0.15) is 11.3 Å². The second-order valence-corrected chi connectivity index (χ2v) is 9.33. The number of nitrogens with zero attached hydrogens (tertiary/aromatic N) is 2. The molecule has 0 saturated heterocycles. The zero-order valence-corrected chi connectivity index (χ0v) is 22.1. The number of hydrogen-bond acceptors (Lipinski definition) is 7. The van der Waals surface area contributed by atoms with Crippen molar-refractivity contribution in [2.75, 3.05) is 17.7 Å². The van der Waals surface area contributed by atoms with E-state index in [0.717, 1.165) is 0 Å². The third-order valence-electron chi connectivity index (χ3n) is 4.82. The second-order valence-electron chi connectivity index (χ2n) is 8.95. The number of halogens is 1. The number of carbonyl (C=O) groups excluding carboxylic acids is 3. The monoisotopic (exact) mass is 529 g/mol. The van der Waals surface area contributed by atoms with E-state index in [4.69, 9.17) is 16.3 Å². The Hall–Kier alpha value is -3.92. The van der Waals surface area contributed by atoms with Crippen molar-refractivity contribution in [3.8, 4) is 11.3 Å². The quantitative estimate of drug-likeness (QED) is 0.320. The van der Waals surface area contributed by atoms with Crippen LogP contribution in [0.5, 0.6) is 0 Å². The molecule has 0 fully saturated rings. The first kappa shape index (κ1) is 29.3. The zero-order valence-electron chi connectivity index (χ0n) is 21.4. The molecule has 1 aromatic carbocycles. The van der Waals surface area contributed by atoms with Crippen molar-refractivity contribution in [3.05, 3.63) is 60.3 Å². The summed E-state index contributed by atoms with van der Waals surface area (Å²) < 4.78 is 10.1. The van der Waals surface area contributed by atoms with E-state index in [1.807, 2.05) is 0 Å². The Morgan fingerprint density at radius 3 is 2.43 bits per heavy atom. The van der Waals surface area contributed by atoms with Crippen LogP contribution in [0.25, 0.3) is 11.3 Å². The minimum atomic E-state index is -0.703. The Kier molecular flexibility index (Phi) is 10.6. The Labute approximate surface area is 221 Å². The summed E-state index contributed by atoms with van der Waals surface area (Å²) in [5, 5.41) is 16.6. The van der Waals surface area contributed by atoms with E-state index in [0.29, 0.717) is 41.0 Å². The van der Waals surface area contributed by atoms with Crippen LogP contribution in [0.3, 0.4) is 0 Å². The fourth-order valence-corrected chi connectivity index (χ4v) is 3.44. The smallest absolute Gasteiger partial charge is 0.411 e. The molecule has 198 valence electrons. The number of ether oxygens (including phenoxy) is 2. The number of aromatic nitrogens is 2. The Balaban J connectivity index is 2.60. The van der Waals surface area contributed by atoms with Crippen LogP contribution in [-0.4, -0.2) is 41.0 Å². The third kappa shape index (κ3) is 9.23. The highest BCUT2D eigenvalue weighted by Gasteiger charge is 2.25. The van der Waals surface area contributed by atoms with Crippen LogP contribution in [0.15, 0.2) is 49.6 Å². The van der Waals surface area contributed by atoms with Gasteiger partial charge in [-0.05, 0) is 57.9 Å². The van der Waals surface area contributed by atoms with Gasteiger partial charge in [-0.15, -0.1) is 23.4 Å². The number of anilines is 2. The van der Waals surface area contributed by atoms with E-state index >= 15 is 0 Å². The summed E-state index contributed by atoms with van der Waals surface area (Å²) >= 11 is 6.19. The van der Waals surface area contributed by atoms with E-state index in [1.165, 1.54) is 7.11 Å². The minimum absolute atomic E-state index is 0.111. The number of carbonyl (C=O) groups is 3. The molecule has 1 unspecified atom stereocenters. The van der Waals surface area contributed by atoms with Gasteiger partial charge in [0, 0.05) is 23.2 Å². The van der Waals surface area contributed by atoms with Gasteiger partial charge in [0.15, 0.2) is 5.15 Å².